The highest BCUT2D eigenvalue weighted by molar-refractivity contribution is 7.99. The maximum absolute atomic E-state index is 11.4. The number of hydrogen-bond donors (Lipinski definition) is 1. The van der Waals surface area contributed by atoms with E-state index in [1.54, 1.807) is 11.8 Å². The van der Waals surface area contributed by atoms with Gasteiger partial charge in [0.15, 0.2) is 0 Å². The highest BCUT2D eigenvalue weighted by atomic mass is 32.2. The summed E-state index contributed by atoms with van der Waals surface area (Å²) in [4.78, 5) is 23.4. The molecule has 7 nitrogen and oxygen atoms in total. The Kier molecular flexibility index (Phi) is 3.34. The van der Waals surface area contributed by atoms with Crippen molar-refractivity contribution in [1.29, 1.82) is 0 Å². The molecule has 0 aliphatic carbocycles. The fourth-order valence-electron chi connectivity index (χ4n) is 1.54. The number of nitrogens with one attached hydrogen (secondary N) is 1. The zero-order valence-electron chi connectivity index (χ0n) is 8.20. The van der Waals surface area contributed by atoms with Crippen LogP contribution in [0.15, 0.2) is 0 Å². The van der Waals surface area contributed by atoms with Crippen molar-refractivity contribution in [1.82, 2.24) is 25.1 Å². The van der Waals surface area contributed by atoms with Crippen LogP contribution < -0.4 is 0 Å². The molecule has 1 aromatic heterocycles. The first-order valence-corrected chi connectivity index (χ1v) is 6.13. The topological polar surface area (TPSA) is 83.9 Å². The summed E-state index contributed by atoms with van der Waals surface area (Å²) in [6.45, 7) is 0. The minimum absolute atomic E-state index is 0.278. The van der Waals surface area contributed by atoms with Gasteiger partial charge in [-0.25, -0.2) is 4.68 Å². The van der Waals surface area contributed by atoms with Gasteiger partial charge in [-0.2, -0.15) is 5.21 Å². The van der Waals surface area contributed by atoms with Gasteiger partial charge in [-0.3, -0.25) is 9.59 Å². The van der Waals surface area contributed by atoms with E-state index < -0.39 is 5.91 Å². The number of rotatable bonds is 2. The third-order valence-corrected chi connectivity index (χ3v) is 3.55. The van der Waals surface area contributed by atoms with Gasteiger partial charge in [-0.1, -0.05) is 10.3 Å². The van der Waals surface area contributed by atoms with Gasteiger partial charge in [0.2, 0.25) is 11.1 Å². The molecule has 16 heavy (non-hydrogen) atoms. The zero-order chi connectivity index (χ0) is 11.5. The van der Waals surface area contributed by atoms with Crippen LogP contribution in [0.5, 0.6) is 0 Å². The number of nitrogens with zero attached hydrogens (tertiary/aromatic N) is 4. The number of tetrazole rings is 1. The second-order valence-corrected chi connectivity index (χ2v) is 4.62. The smallest absolute Gasteiger partial charge is 0.289 e. The van der Waals surface area contributed by atoms with E-state index in [1.165, 1.54) is 9.58 Å². The normalized spacial score (nSPS) is 20.8. The maximum Gasteiger partial charge on any atom is 0.289 e. The van der Waals surface area contributed by atoms with E-state index in [4.69, 9.17) is 12.2 Å². The monoisotopic (exact) mass is 259 g/mol. The molecular formula is C7H9N5O2S2. The number of aromatic nitrogens is 4. The molecule has 1 aliphatic rings. The van der Waals surface area contributed by atoms with E-state index in [9.17, 15) is 9.59 Å². The van der Waals surface area contributed by atoms with E-state index in [0.717, 1.165) is 5.75 Å². The van der Waals surface area contributed by atoms with Crippen molar-refractivity contribution in [3.8, 4) is 0 Å². The lowest BCUT2D eigenvalue weighted by Crippen LogP contribution is -2.41. The van der Waals surface area contributed by atoms with Gasteiger partial charge in [-0.15, -0.1) is 11.8 Å². The van der Waals surface area contributed by atoms with Crippen molar-refractivity contribution in [3.05, 3.63) is 4.77 Å². The minimum Gasteiger partial charge on any atom is -0.305 e. The summed E-state index contributed by atoms with van der Waals surface area (Å²) in [5.74, 6) is 0.825. The molecule has 1 saturated heterocycles. The second-order valence-electron chi connectivity index (χ2n) is 3.19. The van der Waals surface area contributed by atoms with E-state index in [0.29, 0.717) is 18.6 Å². The summed E-state index contributed by atoms with van der Waals surface area (Å²) >= 11 is 6.56. The summed E-state index contributed by atoms with van der Waals surface area (Å²) < 4.78 is 1.80. The number of carbonyl (C=O) groups excluding carboxylic acids is 2. The number of hydrogen-bond acceptors (Lipinski definition) is 6. The van der Waals surface area contributed by atoms with E-state index in [1.807, 2.05) is 0 Å². The molecule has 1 unspecified atom stereocenters. The Bertz CT molecular complexity index is 456. The maximum atomic E-state index is 11.4. The van der Waals surface area contributed by atoms with Gasteiger partial charge >= 0.3 is 0 Å². The Labute approximate surface area is 100 Å². The van der Waals surface area contributed by atoms with Crippen LogP contribution in [0, 0.1) is 4.77 Å². The standard InChI is InChI=1S/C7H9N5O2S2/c13-3-6(14)11-4-16-2-1-5(11)12-7(15)8-9-10-12/h3,5H,1-2,4H2,(H,8,10,15). The molecule has 1 aliphatic heterocycles. The molecule has 0 bridgehead atoms. The summed E-state index contributed by atoms with van der Waals surface area (Å²) in [7, 11) is 0. The van der Waals surface area contributed by atoms with Crippen LogP contribution in [0.25, 0.3) is 0 Å². The number of carbonyl (C=O) groups is 2. The molecule has 1 N–H and O–H groups in total. The van der Waals surface area contributed by atoms with Crippen LogP contribution in [-0.4, -0.2) is 48.9 Å². The van der Waals surface area contributed by atoms with Crippen LogP contribution in [-0.2, 0) is 9.59 Å². The highest BCUT2D eigenvalue weighted by Crippen LogP contribution is 2.26. The van der Waals surface area contributed by atoms with Crippen LogP contribution in [0.2, 0.25) is 0 Å². The van der Waals surface area contributed by atoms with Gasteiger partial charge in [0.1, 0.15) is 6.17 Å². The molecular weight excluding hydrogens is 250 g/mol. The molecule has 0 aromatic carbocycles. The van der Waals surface area contributed by atoms with Crippen LogP contribution in [0.1, 0.15) is 12.6 Å². The molecule has 0 saturated carbocycles. The van der Waals surface area contributed by atoms with Crippen molar-refractivity contribution in [2.24, 2.45) is 0 Å². The van der Waals surface area contributed by atoms with E-state index in [2.05, 4.69) is 15.5 Å². The largest absolute Gasteiger partial charge is 0.305 e. The number of amides is 1. The van der Waals surface area contributed by atoms with Crippen molar-refractivity contribution < 1.29 is 9.59 Å². The lowest BCUT2D eigenvalue weighted by Gasteiger charge is -2.33. The molecule has 1 fully saturated rings. The summed E-state index contributed by atoms with van der Waals surface area (Å²) in [5, 5.41) is 9.83. The van der Waals surface area contributed by atoms with Crippen LogP contribution in [0.4, 0.5) is 0 Å². The molecule has 2 heterocycles. The molecule has 86 valence electrons. The average molecular weight is 259 g/mol. The fraction of sp³-hybridized carbons (Fsp3) is 0.571. The summed E-state index contributed by atoms with van der Waals surface area (Å²) in [6, 6.07) is 0. The lowest BCUT2D eigenvalue weighted by molar-refractivity contribution is -0.141. The average Bonchev–Trinajstić information content (AvgIpc) is 2.74. The predicted octanol–water partition coefficient (Wildman–Crippen LogP) is -0.0438. The van der Waals surface area contributed by atoms with Gasteiger partial charge in [0, 0.05) is 0 Å². The van der Waals surface area contributed by atoms with Crippen molar-refractivity contribution in [2.45, 2.75) is 12.6 Å². The first-order valence-electron chi connectivity index (χ1n) is 4.57. The molecule has 2 rings (SSSR count). The SMILES string of the molecule is O=CC(=O)N1CSCCC1n1[nH]nnc1=S. The first-order chi connectivity index (χ1) is 7.74. The Morgan fingerprint density at radius 1 is 1.69 bits per heavy atom. The lowest BCUT2D eigenvalue weighted by atomic mass is 10.3. The van der Waals surface area contributed by atoms with Gasteiger partial charge < -0.3 is 4.90 Å². The van der Waals surface area contributed by atoms with Crippen molar-refractivity contribution in [3.63, 3.8) is 0 Å². The van der Waals surface area contributed by atoms with Gasteiger partial charge in [0.25, 0.3) is 5.91 Å². The summed E-state index contributed by atoms with van der Waals surface area (Å²) in [5.41, 5.74) is 0. The zero-order valence-corrected chi connectivity index (χ0v) is 9.83. The number of thioether (sulfide) groups is 1. The van der Waals surface area contributed by atoms with Gasteiger partial charge in [-0.05, 0) is 24.4 Å². The Morgan fingerprint density at radius 3 is 3.12 bits per heavy atom. The molecule has 0 spiro atoms. The molecule has 1 aromatic rings. The Morgan fingerprint density at radius 2 is 2.50 bits per heavy atom. The first kappa shape index (κ1) is 11.3. The quantitative estimate of drug-likeness (QED) is 0.455. The molecule has 1 atom stereocenters. The van der Waals surface area contributed by atoms with Crippen LogP contribution in [0.3, 0.4) is 0 Å². The second kappa shape index (κ2) is 4.74. The van der Waals surface area contributed by atoms with Gasteiger partial charge in [0.05, 0.1) is 5.88 Å². The Balaban J connectivity index is 2.30. The number of aldehydes is 1. The van der Waals surface area contributed by atoms with E-state index >= 15 is 0 Å². The highest BCUT2D eigenvalue weighted by Gasteiger charge is 2.29. The minimum atomic E-state index is -0.547. The van der Waals surface area contributed by atoms with Crippen molar-refractivity contribution >= 4 is 36.2 Å². The molecule has 0 radical (unpaired) electrons. The van der Waals surface area contributed by atoms with E-state index in [-0.39, 0.29) is 10.9 Å². The molecule has 1 amide bonds. The van der Waals surface area contributed by atoms with Crippen LogP contribution >= 0.6 is 24.0 Å². The third-order valence-electron chi connectivity index (χ3n) is 2.29. The third kappa shape index (κ3) is 2.00. The predicted molar refractivity (Wildman–Crippen MR) is 59.1 cm³/mol. The number of aromatic amines is 1. The fourth-order valence-corrected chi connectivity index (χ4v) is 2.74. The molecule has 9 heteroatoms. The Hall–Kier alpha value is -1.22. The summed E-state index contributed by atoms with van der Waals surface area (Å²) in [6.07, 6.45) is 0.732. The van der Waals surface area contributed by atoms with Crippen molar-refractivity contribution in [2.75, 3.05) is 11.6 Å². The number of H-pyrrole nitrogens is 1.